The Hall–Kier alpha value is -0.380. The number of aliphatic carboxylic acids is 1. The zero-order valence-electron chi connectivity index (χ0n) is 9.22. The molecule has 1 aliphatic rings. The first-order valence-corrected chi connectivity index (χ1v) is 6.22. The molecular formula is C9H17NO6S. The second-order valence-corrected chi connectivity index (χ2v) is 5.20. The van der Waals surface area contributed by atoms with E-state index in [-0.39, 0.29) is 5.75 Å². The van der Waals surface area contributed by atoms with E-state index in [2.05, 4.69) is 5.32 Å². The lowest BCUT2D eigenvalue weighted by Crippen LogP contribution is -2.51. The van der Waals surface area contributed by atoms with Crippen LogP contribution >= 0.6 is 11.8 Å². The molecule has 0 unspecified atom stereocenters. The minimum Gasteiger partial charge on any atom is -0.480 e. The average Bonchev–Trinajstić information content (AvgIpc) is 2.75. The molecule has 0 spiro atoms. The maximum atomic E-state index is 10.7. The van der Waals surface area contributed by atoms with Crippen molar-refractivity contribution in [3.63, 3.8) is 0 Å². The molecule has 0 radical (unpaired) electrons. The molecule has 0 aromatic carbocycles. The summed E-state index contributed by atoms with van der Waals surface area (Å²) in [7, 11) is 0. The third kappa shape index (κ3) is 3.54. The van der Waals surface area contributed by atoms with Gasteiger partial charge in [-0.05, 0) is 6.92 Å². The predicted molar refractivity (Wildman–Crippen MR) is 60.5 cm³/mol. The molecule has 1 saturated heterocycles. The van der Waals surface area contributed by atoms with Crippen molar-refractivity contribution in [3.05, 3.63) is 0 Å². The van der Waals surface area contributed by atoms with Crippen molar-refractivity contribution < 1.29 is 30.3 Å². The molecule has 0 aromatic rings. The molecule has 1 fully saturated rings. The molecule has 1 aliphatic heterocycles. The highest BCUT2D eigenvalue weighted by Gasteiger charge is 2.39. The molecule has 8 heteroatoms. The average molecular weight is 267 g/mol. The summed E-state index contributed by atoms with van der Waals surface area (Å²) in [5.41, 5.74) is 0. The number of hydrogen-bond acceptors (Lipinski definition) is 7. The molecular weight excluding hydrogens is 250 g/mol. The topological polar surface area (TPSA) is 130 Å². The number of nitrogens with one attached hydrogen (secondary N) is 1. The van der Waals surface area contributed by atoms with Crippen molar-refractivity contribution in [2.45, 2.75) is 42.8 Å². The van der Waals surface area contributed by atoms with E-state index in [1.54, 1.807) is 0 Å². The molecule has 0 aliphatic carbocycles. The molecule has 6 N–H and O–H groups in total. The Morgan fingerprint density at radius 2 is 1.88 bits per heavy atom. The summed E-state index contributed by atoms with van der Waals surface area (Å²) in [6, 6.07) is -0.782. The highest BCUT2D eigenvalue weighted by molar-refractivity contribution is 8.00. The molecule has 1 heterocycles. The quantitative estimate of drug-likeness (QED) is 0.324. The molecule has 7 nitrogen and oxygen atoms in total. The summed E-state index contributed by atoms with van der Waals surface area (Å²) in [4.78, 5) is 10.7. The Bertz CT molecular complexity index is 276. The third-order valence-corrected chi connectivity index (χ3v) is 3.91. The lowest BCUT2D eigenvalue weighted by Gasteiger charge is -2.28. The van der Waals surface area contributed by atoms with E-state index in [1.165, 1.54) is 6.92 Å². The fourth-order valence-corrected chi connectivity index (χ4v) is 2.76. The van der Waals surface area contributed by atoms with Gasteiger partial charge in [0.1, 0.15) is 24.4 Å². The van der Waals surface area contributed by atoms with Crippen molar-refractivity contribution in [2.75, 3.05) is 5.75 Å². The van der Waals surface area contributed by atoms with Gasteiger partial charge in [0.2, 0.25) is 0 Å². The predicted octanol–water partition coefficient (Wildman–Crippen LogP) is -2.43. The van der Waals surface area contributed by atoms with Crippen molar-refractivity contribution in [1.82, 2.24) is 5.32 Å². The maximum absolute atomic E-state index is 10.7. The van der Waals surface area contributed by atoms with Crippen LogP contribution in [0.3, 0.4) is 0 Å². The molecule has 6 atom stereocenters. The van der Waals surface area contributed by atoms with Gasteiger partial charge in [0.15, 0.2) is 0 Å². The van der Waals surface area contributed by atoms with Crippen LogP contribution in [0.1, 0.15) is 6.92 Å². The Kier molecular flexibility index (Phi) is 5.17. The van der Waals surface area contributed by atoms with Gasteiger partial charge >= 0.3 is 5.97 Å². The van der Waals surface area contributed by atoms with Gasteiger partial charge in [-0.3, -0.25) is 10.1 Å². The van der Waals surface area contributed by atoms with Crippen LogP contribution in [0, 0.1) is 0 Å². The van der Waals surface area contributed by atoms with Crippen LogP contribution in [0.15, 0.2) is 0 Å². The Morgan fingerprint density at radius 1 is 1.29 bits per heavy atom. The van der Waals surface area contributed by atoms with Crippen LogP contribution in [-0.2, 0) is 4.79 Å². The molecule has 0 aromatic heterocycles. The van der Waals surface area contributed by atoms with Crippen LogP contribution in [0.25, 0.3) is 0 Å². The first kappa shape index (κ1) is 14.7. The van der Waals surface area contributed by atoms with E-state index in [0.29, 0.717) is 0 Å². The van der Waals surface area contributed by atoms with Crippen molar-refractivity contribution >= 4 is 17.7 Å². The number of carboxylic acids is 1. The normalized spacial score (nSPS) is 31.8. The number of aliphatic hydroxyl groups excluding tert-OH is 4. The highest BCUT2D eigenvalue weighted by atomic mass is 32.2. The Morgan fingerprint density at radius 3 is 2.29 bits per heavy atom. The Balaban J connectivity index is 2.54. The standard InChI is InChI=1S/C9H17NO6S/c1-3(11)5(12)6(13)7(14)8-10-4(2-17-8)9(15)16/h3-8,10-14H,2H2,1H3,(H,15,16)/t3-,4-,5-,6-,7-,8-/m0/s1. The second-order valence-electron chi connectivity index (χ2n) is 4.02. The van der Waals surface area contributed by atoms with E-state index in [1.807, 2.05) is 0 Å². The summed E-state index contributed by atoms with van der Waals surface area (Å²) < 4.78 is 0. The van der Waals surface area contributed by atoms with Gasteiger partial charge in [0.05, 0.1) is 11.5 Å². The van der Waals surface area contributed by atoms with E-state index < -0.39 is 41.8 Å². The van der Waals surface area contributed by atoms with Gasteiger partial charge in [-0.1, -0.05) is 0 Å². The monoisotopic (exact) mass is 267 g/mol. The third-order valence-electron chi connectivity index (χ3n) is 2.61. The highest BCUT2D eigenvalue weighted by Crippen LogP contribution is 2.24. The van der Waals surface area contributed by atoms with E-state index in [9.17, 15) is 20.1 Å². The number of carboxylic acid groups (broad SMARTS) is 1. The zero-order valence-corrected chi connectivity index (χ0v) is 10.0. The van der Waals surface area contributed by atoms with Gasteiger partial charge in [-0.15, -0.1) is 11.8 Å². The smallest absolute Gasteiger partial charge is 0.321 e. The molecule has 0 bridgehead atoms. The van der Waals surface area contributed by atoms with E-state index in [4.69, 9.17) is 10.2 Å². The van der Waals surface area contributed by atoms with E-state index in [0.717, 1.165) is 11.8 Å². The van der Waals surface area contributed by atoms with Crippen molar-refractivity contribution in [3.8, 4) is 0 Å². The molecule has 100 valence electrons. The molecule has 17 heavy (non-hydrogen) atoms. The fourth-order valence-electron chi connectivity index (χ4n) is 1.50. The molecule has 0 amide bonds. The van der Waals surface area contributed by atoms with Gasteiger partial charge in [0, 0.05) is 5.75 Å². The number of aliphatic hydroxyl groups is 4. The zero-order chi connectivity index (χ0) is 13.2. The van der Waals surface area contributed by atoms with Gasteiger partial charge in [-0.2, -0.15) is 0 Å². The van der Waals surface area contributed by atoms with Crippen molar-refractivity contribution in [2.24, 2.45) is 0 Å². The van der Waals surface area contributed by atoms with Gasteiger partial charge in [0.25, 0.3) is 0 Å². The minimum absolute atomic E-state index is 0.272. The summed E-state index contributed by atoms with van der Waals surface area (Å²) in [5, 5.41) is 48.5. The van der Waals surface area contributed by atoms with Gasteiger partial charge < -0.3 is 25.5 Å². The first-order valence-electron chi connectivity index (χ1n) is 5.17. The number of carbonyl (C=O) groups is 1. The summed E-state index contributed by atoms with van der Waals surface area (Å²) in [6.07, 6.45) is -5.54. The number of rotatable bonds is 5. The number of thioether (sulfide) groups is 1. The SMILES string of the molecule is C[C@H](O)[C@H](O)[C@H](O)[C@H](O)[C@H]1N[C@H](C(=O)O)CS1. The van der Waals surface area contributed by atoms with Crippen LogP contribution in [0.4, 0.5) is 0 Å². The van der Waals surface area contributed by atoms with Crippen molar-refractivity contribution in [1.29, 1.82) is 0 Å². The van der Waals surface area contributed by atoms with Crippen LogP contribution in [-0.4, -0.2) is 73.1 Å². The summed E-state index contributed by atoms with van der Waals surface area (Å²) in [5.74, 6) is -0.757. The summed E-state index contributed by atoms with van der Waals surface area (Å²) in [6.45, 7) is 1.29. The van der Waals surface area contributed by atoms with E-state index >= 15 is 0 Å². The molecule has 1 rings (SSSR count). The fraction of sp³-hybridized carbons (Fsp3) is 0.889. The number of hydrogen-bond donors (Lipinski definition) is 6. The second kappa shape index (κ2) is 5.98. The van der Waals surface area contributed by atoms with Crippen LogP contribution < -0.4 is 5.32 Å². The Labute approximate surface area is 102 Å². The lowest BCUT2D eigenvalue weighted by atomic mass is 10.0. The lowest BCUT2D eigenvalue weighted by molar-refractivity contribution is -0.139. The van der Waals surface area contributed by atoms with Crippen LogP contribution in [0.5, 0.6) is 0 Å². The first-order chi connectivity index (χ1) is 7.84. The van der Waals surface area contributed by atoms with Crippen LogP contribution in [0.2, 0.25) is 0 Å². The maximum Gasteiger partial charge on any atom is 0.321 e. The minimum atomic E-state index is -1.53. The van der Waals surface area contributed by atoms with Gasteiger partial charge in [-0.25, -0.2) is 0 Å². The molecule has 0 saturated carbocycles. The largest absolute Gasteiger partial charge is 0.480 e. The summed E-state index contributed by atoms with van der Waals surface area (Å²) >= 11 is 1.15.